The molecule has 5 heterocycles. The number of amides is 10. The Balaban J connectivity index is 0.857. The number of nitrogens with one attached hydrogen (secondary N) is 5. The molecule has 4 saturated heterocycles. The van der Waals surface area contributed by atoms with Crippen molar-refractivity contribution in [2.45, 2.75) is 307 Å². The second-order valence-corrected chi connectivity index (χ2v) is 38.2. The second kappa shape index (κ2) is 53.4. The summed E-state index contributed by atoms with van der Waals surface area (Å²) in [5.41, 5.74) is 7.60. The van der Waals surface area contributed by atoms with Gasteiger partial charge in [0.15, 0.2) is 11.6 Å². The highest BCUT2D eigenvalue weighted by Crippen LogP contribution is 2.36. The van der Waals surface area contributed by atoms with E-state index in [1.54, 1.807) is 56.9 Å². The number of likely N-dealkylation sites (N-methyl/N-ethyl adjacent to an activating group) is 2. The highest BCUT2D eigenvalue weighted by Gasteiger charge is 2.50. The normalized spacial score (nSPS) is 24.4. The summed E-state index contributed by atoms with van der Waals surface area (Å²) in [5, 5.41) is 78.2. The Kier molecular flexibility index (Phi) is 44.8. The van der Waals surface area contributed by atoms with Crippen molar-refractivity contribution in [2.75, 3.05) is 74.6 Å². The van der Waals surface area contributed by atoms with E-state index in [0.29, 0.717) is 57.1 Å². The number of carbonyl (C=O) groups is 14. The van der Waals surface area contributed by atoms with Gasteiger partial charge in [-0.1, -0.05) is 153 Å². The number of benzene rings is 2. The van der Waals surface area contributed by atoms with E-state index in [1.807, 2.05) is 103 Å². The number of ether oxygens (including phenoxy) is 5. The number of likely N-dealkylation sites (tertiary alicyclic amines) is 1. The third-order valence-electron chi connectivity index (χ3n) is 26.6. The number of hydrogen-bond donors (Lipinski definition) is 12. The molecule has 4 fully saturated rings. The van der Waals surface area contributed by atoms with Gasteiger partial charge in [0.1, 0.15) is 76.2 Å². The summed E-state index contributed by atoms with van der Waals surface area (Å²) in [5.74, 6) is -9.15. The first-order chi connectivity index (χ1) is 62.4. The van der Waals surface area contributed by atoms with Gasteiger partial charge in [0.2, 0.25) is 35.4 Å². The van der Waals surface area contributed by atoms with Gasteiger partial charge in [-0.2, -0.15) is 0 Å². The van der Waals surface area contributed by atoms with E-state index in [2.05, 4.69) is 26.6 Å². The van der Waals surface area contributed by atoms with Crippen LogP contribution in [-0.4, -0.2) is 317 Å². The number of aliphatic hydroxyl groups excluding tert-OH is 6. The number of halogens is 2. The Bertz CT molecular complexity index is 4210. The number of carbonyl (C=O) groups excluding carboxylic acids is 14. The summed E-state index contributed by atoms with van der Waals surface area (Å²) in [6.07, 6.45) is -15.8. The fraction of sp³-hybridized carbons (Fsp3) is 0.705. The highest BCUT2D eigenvalue weighted by molar-refractivity contribution is 6.58. The van der Waals surface area contributed by atoms with Crippen LogP contribution in [0.15, 0.2) is 64.7 Å². The topological polar surface area (TPSA) is 506 Å². The van der Waals surface area contributed by atoms with Crippen molar-refractivity contribution in [3.63, 3.8) is 0 Å². The Hall–Kier alpha value is -8.14. The third-order valence-corrected chi connectivity index (χ3v) is 27.4. The molecule has 2 aromatic carbocycles. The van der Waals surface area contributed by atoms with Crippen LogP contribution in [0.3, 0.4) is 0 Å². The van der Waals surface area contributed by atoms with E-state index >= 15 is 0 Å². The number of aliphatic hydroxyl groups is 6. The predicted octanol–water partition coefficient (Wildman–Crippen LogP) is 4.02. The molecule has 35 nitrogen and oxygen atoms in total. The number of rotatable bonds is 57. The molecule has 37 heteroatoms. The molecule has 0 aliphatic carbocycles. The fourth-order valence-corrected chi connectivity index (χ4v) is 19.1. The van der Waals surface area contributed by atoms with E-state index in [4.69, 9.17) is 52.6 Å². The summed E-state index contributed by atoms with van der Waals surface area (Å²) in [6.45, 7) is 17.3. The van der Waals surface area contributed by atoms with Gasteiger partial charge in [0.25, 0.3) is 11.8 Å². The van der Waals surface area contributed by atoms with Crippen molar-refractivity contribution >= 4 is 105 Å². The molecule has 0 saturated carbocycles. The van der Waals surface area contributed by atoms with Crippen LogP contribution in [0, 0.1) is 47.3 Å². The van der Waals surface area contributed by atoms with Gasteiger partial charge in [-0.25, -0.2) is 4.79 Å². The molecule has 132 heavy (non-hydrogen) atoms. The number of ketones is 5. The van der Waals surface area contributed by atoms with Crippen LogP contribution in [0.2, 0.25) is 0 Å². The number of primary amides is 1. The van der Waals surface area contributed by atoms with Gasteiger partial charge < -0.3 is 96.4 Å². The molecule has 0 spiro atoms. The molecule has 5 aliphatic heterocycles. The summed E-state index contributed by atoms with van der Waals surface area (Å²) in [7, 11) is 8.54. The standard InChI is InChI=1S/C95H144Cl2N10O25/c1-15-54(8)82(105(12)92(124)63(52(4)5)46-68(112)81(53(6)7)104(10)11)70(128-13)48-78(115)106-39-23-27-65(106)89(129-14)55(9)66(110)42-59(40-57-24-18-16-19-25-57)90(122)99-37-35-56-29-31-58(32-30-56)41-67(111)64(26-22-36-100-95(98)127)103-91(123)62(51(2)3)43-61(109)45-72-85(118)88(121)75(132-72)50-102-77(114)47-73-86(119)83(116)69(130-73)34-33-60(108)44-71-84(117)87(120)74(131-71)49-101-76(113)28-20-17-21-38-107-93(125)79(96)80(97)94(107)126/h16,18-19,24-25,29-32,51-55,59,62-65,69-75,81-89,116-121H,15,17,20-23,26-28,33-50H2,1-14H3,(H,99,122)(H,101,113)(H,102,114)(H,103,123)(H3,98,100,127)/t54-,55?,59+,62+,63-,64?,65?,69+,70?,71-,72-,73-,74+,75+,81?,82?,83+,84?,85?,86-,87?,88?,89?/m0/s1. The van der Waals surface area contributed by atoms with Gasteiger partial charge in [-0.05, 0) is 112 Å². The average Bonchev–Trinajstić information content (AvgIpc) is 1.68. The lowest BCUT2D eigenvalue weighted by atomic mass is 9.83. The van der Waals surface area contributed by atoms with Gasteiger partial charge in [0.05, 0.1) is 73.6 Å². The number of nitrogens with two attached hydrogens (primary N) is 1. The van der Waals surface area contributed by atoms with Crippen molar-refractivity contribution < 1.29 is 121 Å². The second-order valence-electron chi connectivity index (χ2n) is 37.5. The largest absolute Gasteiger partial charge is 0.388 e. The zero-order valence-electron chi connectivity index (χ0n) is 78.9. The number of hydrogen-bond acceptors (Lipinski definition) is 26. The van der Waals surface area contributed by atoms with Crippen molar-refractivity contribution in [3.05, 3.63) is 81.4 Å². The van der Waals surface area contributed by atoms with Crippen LogP contribution in [-0.2, 0) is 105 Å². The highest BCUT2D eigenvalue weighted by atomic mass is 35.5. The first kappa shape index (κ1) is 111. The SMILES string of the molecule is CC[C@H](C)C(C(CC(=O)N1CCCC1C(OC)C(C)C(=O)C[C@@H](Cc1ccccc1)C(=O)NCCc1ccc(CC(=O)C(CCCNC(N)=O)NC(=O)[C@H](CC(=O)C[C@@H]2O[C@H](CNC(=O)C[C@@H]3O[C@H](CCC(=O)C[C@@H]4O[C@H](CNC(=O)CCCCCN5C(=O)C(Cl)=C(Cl)C5=O)C(O)C4O)[C@@H](O)[C@H]3O)C(O)C2O)C(C)C)cc1)OC)N(C)C(=O)[C@@H](CC(=O)C(C(C)C)N(C)C)C(C)C. The minimum atomic E-state index is -1.61. The molecule has 23 atom stereocenters. The molecule has 0 bridgehead atoms. The molecule has 10 amide bonds. The van der Waals surface area contributed by atoms with Crippen molar-refractivity contribution in [2.24, 2.45) is 53.1 Å². The Morgan fingerprint density at radius 3 is 1.69 bits per heavy atom. The Morgan fingerprint density at radius 2 is 1.13 bits per heavy atom. The predicted molar refractivity (Wildman–Crippen MR) is 488 cm³/mol. The summed E-state index contributed by atoms with van der Waals surface area (Å²) < 4.78 is 29.8. The van der Waals surface area contributed by atoms with Crippen LogP contribution in [0.25, 0.3) is 0 Å². The molecule has 2 aromatic rings. The van der Waals surface area contributed by atoms with Crippen LogP contribution in [0.1, 0.15) is 195 Å². The molecule has 5 aliphatic rings. The number of imide groups is 1. The molecule has 7 rings (SSSR count). The molecule has 0 aromatic heterocycles. The summed E-state index contributed by atoms with van der Waals surface area (Å²) in [4.78, 5) is 196. The number of nitrogens with zero attached hydrogens (tertiary/aromatic N) is 4. The summed E-state index contributed by atoms with van der Waals surface area (Å²) in [6, 6.07) is 13.3. The zero-order chi connectivity index (χ0) is 97.8. The molecule has 738 valence electrons. The smallest absolute Gasteiger partial charge is 0.312 e. The van der Waals surface area contributed by atoms with Crippen molar-refractivity contribution in [1.82, 2.24) is 46.2 Å². The van der Waals surface area contributed by atoms with Crippen molar-refractivity contribution in [3.8, 4) is 0 Å². The Morgan fingerprint density at radius 1 is 0.568 bits per heavy atom. The minimum Gasteiger partial charge on any atom is -0.388 e. The molecule has 0 radical (unpaired) electrons. The maximum Gasteiger partial charge on any atom is 0.312 e. The molecule has 11 unspecified atom stereocenters. The van der Waals surface area contributed by atoms with Crippen molar-refractivity contribution in [1.29, 1.82) is 0 Å². The van der Waals surface area contributed by atoms with E-state index < -0.39 is 193 Å². The summed E-state index contributed by atoms with van der Waals surface area (Å²) >= 11 is 11.5. The van der Waals surface area contributed by atoms with E-state index in [1.165, 1.54) is 7.11 Å². The average molecular weight is 1900 g/mol. The number of Topliss-reactive ketones (excluding diaryl/α,β-unsaturated/α-hetero) is 5. The quantitative estimate of drug-likeness (QED) is 0.0329. The van der Waals surface area contributed by atoms with Gasteiger partial charge >= 0.3 is 6.03 Å². The van der Waals surface area contributed by atoms with Gasteiger partial charge in [0, 0.05) is 136 Å². The first-order valence-corrected chi connectivity index (χ1v) is 47.3. The lowest BCUT2D eigenvalue weighted by Crippen LogP contribution is -2.54. The molecular formula is C95H144Cl2N10O25. The van der Waals surface area contributed by atoms with Crippen LogP contribution in [0.4, 0.5) is 4.79 Å². The van der Waals surface area contributed by atoms with E-state index in [-0.39, 0.29) is 179 Å². The number of methoxy groups -OCH3 is 2. The zero-order valence-corrected chi connectivity index (χ0v) is 80.4. The first-order valence-electron chi connectivity index (χ1n) is 46.6. The Labute approximate surface area is 784 Å². The lowest BCUT2D eigenvalue weighted by Gasteiger charge is -2.41. The molecule has 13 N–H and O–H groups in total. The van der Waals surface area contributed by atoms with Crippen LogP contribution in [0.5, 0.6) is 0 Å². The van der Waals surface area contributed by atoms with Crippen LogP contribution >= 0.6 is 23.2 Å². The minimum absolute atomic E-state index is 0.00277. The van der Waals surface area contributed by atoms with E-state index in [9.17, 15) is 97.8 Å². The van der Waals surface area contributed by atoms with Gasteiger partial charge in [-0.15, -0.1) is 0 Å². The maximum atomic E-state index is 14.7. The third kappa shape index (κ3) is 31.5. The molecular weight excluding hydrogens is 1750 g/mol. The monoisotopic (exact) mass is 1890 g/mol. The number of urea groups is 1. The maximum absolute atomic E-state index is 14.7. The fourth-order valence-electron chi connectivity index (χ4n) is 18.7. The van der Waals surface area contributed by atoms with E-state index in [0.717, 1.165) is 16.0 Å². The van der Waals surface area contributed by atoms with Crippen LogP contribution < -0.4 is 32.3 Å². The lowest BCUT2D eigenvalue weighted by molar-refractivity contribution is -0.149. The number of unbranched alkanes of at least 4 members (excludes halogenated alkanes) is 2. The van der Waals surface area contributed by atoms with Gasteiger partial charge in [-0.3, -0.25) is 72.1 Å².